The van der Waals surface area contributed by atoms with E-state index in [2.05, 4.69) is 19.2 Å². The van der Waals surface area contributed by atoms with Crippen LogP contribution in [0.3, 0.4) is 0 Å². The molecule has 3 unspecified atom stereocenters. The summed E-state index contributed by atoms with van der Waals surface area (Å²) in [5.41, 5.74) is 0. The molecular formula is C12H25NO. The fourth-order valence-corrected chi connectivity index (χ4v) is 2.37. The van der Waals surface area contributed by atoms with Crippen LogP contribution in [0.25, 0.3) is 0 Å². The summed E-state index contributed by atoms with van der Waals surface area (Å²) >= 11 is 0. The Hall–Kier alpha value is -0.0800. The molecule has 0 saturated heterocycles. The lowest BCUT2D eigenvalue weighted by molar-refractivity contribution is 0.131. The topological polar surface area (TPSA) is 32.3 Å². The molecule has 84 valence electrons. The van der Waals surface area contributed by atoms with Crippen molar-refractivity contribution in [2.24, 2.45) is 11.8 Å². The van der Waals surface area contributed by atoms with Crippen LogP contribution < -0.4 is 5.32 Å². The highest BCUT2D eigenvalue weighted by Gasteiger charge is 2.24. The summed E-state index contributed by atoms with van der Waals surface area (Å²) in [6, 6.07) is 0. The molecule has 1 aliphatic rings. The third-order valence-electron chi connectivity index (χ3n) is 3.30. The zero-order valence-corrected chi connectivity index (χ0v) is 9.63. The van der Waals surface area contributed by atoms with E-state index in [1.54, 1.807) is 0 Å². The predicted molar refractivity (Wildman–Crippen MR) is 60.3 cm³/mol. The van der Waals surface area contributed by atoms with Crippen molar-refractivity contribution in [1.29, 1.82) is 0 Å². The average molecular weight is 199 g/mol. The highest BCUT2D eigenvalue weighted by Crippen LogP contribution is 2.24. The summed E-state index contributed by atoms with van der Waals surface area (Å²) in [5, 5.41) is 13.1. The van der Waals surface area contributed by atoms with E-state index >= 15 is 0 Å². The minimum atomic E-state index is -0.0380. The lowest BCUT2D eigenvalue weighted by Gasteiger charge is -2.17. The zero-order valence-electron chi connectivity index (χ0n) is 9.63. The van der Waals surface area contributed by atoms with Gasteiger partial charge in [0.1, 0.15) is 0 Å². The van der Waals surface area contributed by atoms with Gasteiger partial charge in [0.25, 0.3) is 0 Å². The lowest BCUT2D eigenvalue weighted by atomic mass is 10.0. The van der Waals surface area contributed by atoms with Crippen molar-refractivity contribution in [2.75, 3.05) is 13.1 Å². The average Bonchev–Trinajstić information content (AvgIpc) is 2.52. The van der Waals surface area contributed by atoms with Crippen LogP contribution in [0.2, 0.25) is 0 Å². The molecular weight excluding hydrogens is 174 g/mol. The van der Waals surface area contributed by atoms with E-state index in [1.165, 1.54) is 25.7 Å². The van der Waals surface area contributed by atoms with Crippen LogP contribution in [0.4, 0.5) is 0 Å². The molecule has 2 N–H and O–H groups in total. The maximum Gasteiger partial charge on any atom is 0.0580 e. The molecule has 1 aliphatic carbocycles. The first-order chi connectivity index (χ1) is 6.74. The van der Waals surface area contributed by atoms with Crippen molar-refractivity contribution in [2.45, 2.75) is 52.1 Å². The predicted octanol–water partition coefficient (Wildman–Crippen LogP) is 2.17. The summed E-state index contributed by atoms with van der Waals surface area (Å²) in [5.74, 6) is 1.29. The Morgan fingerprint density at radius 2 is 2.21 bits per heavy atom. The maximum atomic E-state index is 9.62. The van der Waals surface area contributed by atoms with Crippen molar-refractivity contribution in [3.05, 3.63) is 0 Å². The SMILES string of the molecule is CCCC(C)CNCC1CCCC1O. The van der Waals surface area contributed by atoms with Crippen LogP contribution in [0.1, 0.15) is 46.0 Å². The van der Waals surface area contributed by atoms with E-state index in [9.17, 15) is 5.11 Å². The maximum absolute atomic E-state index is 9.62. The second-order valence-electron chi connectivity index (χ2n) is 4.81. The van der Waals surface area contributed by atoms with Gasteiger partial charge >= 0.3 is 0 Å². The summed E-state index contributed by atoms with van der Waals surface area (Å²) in [7, 11) is 0. The smallest absolute Gasteiger partial charge is 0.0580 e. The van der Waals surface area contributed by atoms with Crippen LogP contribution in [-0.2, 0) is 0 Å². The number of hydrogen-bond acceptors (Lipinski definition) is 2. The third-order valence-corrected chi connectivity index (χ3v) is 3.30. The van der Waals surface area contributed by atoms with Gasteiger partial charge in [-0.1, -0.05) is 26.7 Å². The highest BCUT2D eigenvalue weighted by atomic mass is 16.3. The molecule has 0 heterocycles. The Bertz CT molecular complexity index is 149. The zero-order chi connectivity index (χ0) is 10.4. The monoisotopic (exact) mass is 199 g/mol. The van der Waals surface area contributed by atoms with Gasteiger partial charge in [0.05, 0.1) is 6.10 Å². The largest absolute Gasteiger partial charge is 0.393 e. The number of rotatable bonds is 6. The summed E-state index contributed by atoms with van der Waals surface area (Å²) in [6.45, 7) is 6.64. The van der Waals surface area contributed by atoms with Gasteiger partial charge in [-0.05, 0) is 37.6 Å². The summed E-state index contributed by atoms with van der Waals surface area (Å²) in [6.07, 6.45) is 5.96. The van der Waals surface area contributed by atoms with Gasteiger partial charge in [0, 0.05) is 6.54 Å². The molecule has 3 atom stereocenters. The van der Waals surface area contributed by atoms with Gasteiger partial charge < -0.3 is 10.4 Å². The minimum absolute atomic E-state index is 0.0380. The second-order valence-corrected chi connectivity index (χ2v) is 4.81. The summed E-state index contributed by atoms with van der Waals surface area (Å²) in [4.78, 5) is 0. The van der Waals surface area contributed by atoms with Crippen molar-refractivity contribution in [3.63, 3.8) is 0 Å². The van der Waals surface area contributed by atoms with E-state index in [1.807, 2.05) is 0 Å². The van der Waals surface area contributed by atoms with Gasteiger partial charge in [-0.15, -0.1) is 0 Å². The Balaban J connectivity index is 2.03. The van der Waals surface area contributed by atoms with Gasteiger partial charge in [-0.25, -0.2) is 0 Å². The number of hydrogen-bond donors (Lipinski definition) is 2. The molecule has 1 saturated carbocycles. The van der Waals surface area contributed by atoms with E-state index in [0.29, 0.717) is 5.92 Å². The van der Waals surface area contributed by atoms with Crippen LogP contribution in [0, 0.1) is 11.8 Å². The summed E-state index contributed by atoms with van der Waals surface area (Å²) < 4.78 is 0. The molecule has 0 aromatic rings. The minimum Gasteiger partial charge on any atom is -0.393 e. The highest BCUT2D eigenvalue weighted by molar-refractivity contribution is 4.78. The van der Waals surface area contributed by atoms with Crippen molar-refractivity contribution in [1.82, 2.24) is 5.32 Å². The molecule has 1 fully saturated rings. The van der Waals surface area contributed by atoms with Gasteiger partial charge in [0.2, 0.25) is 0 Å². The van der Waals surface area contributed by atoms with Gasteiger partial charge in [-0.2, -0.15) is 0 Å². The molecule has 1 rings (SSSR count). The van der Waals surface area contributed by atoms with Crippen molar-refractivity contribution in [3.8, 4) is 0 Å². The molecule has 14 heavy (non-hydrogen) atoms. The number of nitrogens with one attached hydrogen (secondary N) is 1. The first kappa shape index (κ1) is 12.0. The van der Waals surface area contributed by atoms with Crippen LogP contribution >= 0.6 is 0 Å². The van der Waals surface area contributed by atoms with E-state index in [0.717, 1.165) is 25.4 Å². The first-order valence-corrected chi connectivity index (χ1v) is 6.12. The third kappa shape index (κ3) is 3.97. The number of aliphatic hydroxyl groups is 1. The Kier molecular flexibility index (Phi) is 5.49. The quantitative estimate of drug-likeness (QED) is 0.687. The van der Waals surface area contributed by atoms with Crippen LogP contribution in [0.15, 0.2) is 0 Å². The van der Waals surface area contributed by atoms with Crippen molar-refractivity contribution < 1.29 is 5.11 Å². The molecule has 0 amide bonds. The van der Waals surface area contributed by atoms with Gasteiger partial charge in [-0.3, -0.25) is 0 Å². The number of aliphatic hydroxyl groups excluding tert-OH is 1. The van der Waals surface area contributed by atoms with Gasteiger partial charge in [0.15, 0.2) is 0 Å². The normalized spacial score (nSPS) is 29.4. The van der Waals surface area contributed by atoms with E-state index < -0.39 is 0 Å². The molecule has 0 aromatic carbocycles. The standard InChI is InChI=1S/C12H25NO/c1-3-5-10(2)8-13-9-11-6-4-7-12(11)14/h10-14H,3-9H2,1-2H3. The van der Waals surface area contributed by atoms with E-state index in [4.69, 9.17) is 0 Å². The lowest BCUT2D eigenvalue weighted by Crippen LogP contribution is -2.30. The Morgan fingerprint density at radius 1 is 1.43 bits per heavy atom. The molecule has 0 aliphatic heterocycles. The van der Waals surface area contributed by atoms with E-state index in [-0.39, 0.29) is 6.10 Å². The Morgan fingerprint density at radius 3 is 2.79 bits per heavy atom. The molecule has 2 nitrogen and oxygen atoms in total. The molecule has 2 heteroatoms. The Labute approximate surface area is 88.1 Å². The van der Waals surface area contributed by atoms with Crippen LogP contribution in [0.5, 0.6) is 0 Å². The molecule has 0 spiro atoms. The van der Waals surface area contributed by atoms with Crippen molar-refractivity contribution >= 4 is 0 Å². The fourth-order valence-electron chi connectivity index (χ4n) is 2.37. The fraction of sp³-hybridized carbons (Fsp3) is 1.00. The first-order valence-electron chi connectivity index (χ1n) is 6.12. The molecule has 0 bridgehead atoms. The molecule has 0 aromatic heterocycles. The molecule has 0 radical (unpaired) electrons. The second kappa shape index (κ2) is 6.41. The van der Waals surface area contributed by atoms with Crippen LogP contribution in [-0.4, -0.2) is 24.3 Å².